The molecule has 4 N–H and O–H groups in total. The molecule has 2 aromatic rings. The number of hydrogen-bond donors (Lipinski definition) is 4. The lowest BCUT2D eigenvalue weighted by molar-refractivity contribution is -0.384. The molecule has 8 nitrogen and oxygen atoms in total. The van der Waals surface area contributed by atoms with Gasteiger partial charge in [-0.25, -0.2) is 0 Å². The standard InChI is InChI=1S/C16H15Cl3N4O4/c17-10-6-12(19)14(7-11(10)18)22-16(25)8-21-15-5-9(23(26)27)1-2-13(15)20-3-4-24/h1-2,5-7,20-21,24H,3-4,8H2,(H,22,25). The van der Waals surface area contributed by atoms with Crippen LogP contribution in [0.25, 0.3) is 0 Å². The first kappa shape index (κ1) is 21.0. The number of carbonyl (C=O) groups excluding carboxylic acids is 1. The van der Waals surface area contributed by atoms with Gasteiger partial charge in [0.15, 0.2) is 0 Å². The van der Waals surface area contributed by atoms with Crippen molar-refractivity contribution in [3.05, 3.63) is 55.5 Å². The first-order chi connectivity index (χ1) is 12.8. The molecule has 11 heteroatoms. The lowest BCUT2D eigenvalue weighted by Crippen LogP contribution is -2.22. The van der Waals surface area contributed by atoms with Crippen LogP contribution in [0.5, 0.6) is 0 Å². The number of halogens is 3. The van der Waals surface area contributed by atoms with Crippen LogP contribution in [0.3, 0.4) is 0 Å². The van der Waals surface area contributed by atoms with Crippen molar-refractivity contribution in [1.82, 2.24) is 0 Å². The first-order valence-electron chi connectivity index (χ1n) is 7.63. The third kappa shape index (κ3) is 5.86. The summed E-state index contributed by atoms with van der Waals surface area (Å²) in [6.45, 7) is -0.0597. The molecule has 0 bridgehead atoms. The normalized spacial score (nSPS) is 10.4. The van der Waals surface area contributed by atoms with Crippen molar-refractivity contribution in [3.8, 4) is 0 Å². The van der Waals surface area contributed by atoms with Gasteiger partial charge in [0.05, 0.1) is 50.2 Å². The quantitative estimate of drug-likeness (QED) is 0.284. The summed E-state index contributed by atoms with van der Waals surface area (Å²) < 4.78 is 0. The monoisotopic (exact) mass is 432 g/mol. The minimum absolute atomic E-state index is 0.118. The molecule has 0 spiro atoms. The molecule has 0 saturated heterocycles. The molecular weight excluding hydrogens is 419 g/mol. The molecule has 0 fully saturated rings. The van der Waals surface area contributed by atoms with Crippen LogP contribution in [-0.4, -0.2) is 35.6 Å². The molecule has 0 unspecified atom stereocenters. The summed E-state index contributed by atoms with van der Waals surface area (Å²) in [5, 5.41) is 28.9. The van der Waals surface area contributed by atoms with Gasteiger partial charge in [-0.05, 0) is 18.2 Å². The Morgan fingerprint density at radius 1 is 1.00 bits per heavy atom. The number of nitrogens with one attached hydrogen (secondary N) is 3. The van der Waals surface area contributed by atoms with Crippen LogP contribution in [0, 0.1) is 10.1 Å². The van der Waals surface area contributed by atoms with Crippen molar-refractivity contribution in [2.24, 2.45) is 0 Å². The van der Waals surface area contributed by atoms with Gasteiger partial charge in [0.2, 0.25) is 5.91 Å². The van der Waals surface area contributed by atoms with E-state index in [0.717, 1.165) is 0 Å². The fourth-order valence-corrected chi connectivity index (χ4v) is 2.72. The van der Waals surface area contributed by atoms with Crippen LogP contribution in [0.4, 0.5) is 22.7 Å². The summed E-state index contributed by atoms with van der Waals surface area (Å²) in [7, 11) is 0. The summed E-state index contributed by atoms with van der Waals surface area (Å²) in [4.78, 5) is 22.6. The zero-order valence-corrected chi connectivity index (χ0v) is 16.0. The molecule has 0 aromatic heterocycles. The van der Waals surface area contributed by atoms with E-state index in [-0.39, 0.29) is 46.1 Å². The Labute approximate surface area is 169 Å². The van der Waals surface area contributed by atoms with E-state index in [4.69, 9.17) is 39.9 Å². The molecule has 144 valence electrons. The molecule has 0 saturated carbocycles. The van der Waals surface area contributed by atoms with Gasteiger partial charge < -0.3 is 21.1 Å². The molecule has 1 amide bonds. The van der Waals surface area contributed by atoms with Gasteiger partial charge in [-0.3, -0.25) is 14.9 Å². The number of rotatable bonds is 8. The number of nitrogens with zero attached hydrogens (tertiary/aromatic N) is 1. The Kier molecular flexibility index (Phi) is 7.49. The number of nitro benzene ring substituents is 1. The molecule has 27 heavy (non-hydrogen) atoms. The van der Waals surface area contributed by atoms with E-state index in [2.05, 4.69) is 16.0 Å². The van der Waals surface area contributed by atoms with Gasteiger partial charge >= 0.3 is 0 Å². The topological polar surface area (TPSA) is 117 Å². The Balaban J connectivity index is 2.10. The molecule has 0 aliphatic carbocycles. The number of carbonyl (C=O) groups is 1. The molecule has 0 aliphatic heterocycles. The number of aliphatic hydroxyl groups excluding tert-OH is 1. The number of aliphatic hydroxyl groups is 1. The zero-order valence-electron chi connectivity index (χ0n) is 13.8. The Morgan fingerprint density at radius 2 is 1.70 bits per heavy atom. The molecule has 2 aromatic carbocycles. The van der Waals surface area contributed by atoms with Crippen LogP contribution >= 0.6 is 34.8 Å². The molecule has 0 radical (unpaired) electrons. The third-order valence-electron chi connectivity index (χ3n) is 3.36. The van der Waals surface area contributed by atoms with Gasteiger partial charge in [-0.1, -0.05) is 34.8 Å². The van der Waals surface area contributed by atoms with Crippen molar-refractivity contribution < 1.29 is 14.8 Å². The molecule has 0 heterocycles. The summed E-state index contributed by atoms with van der Waals surface area (Å²) >= 11 is 17.8. The Morgan fingerprint density at radius 3 is 2.37 bits per heavy atom. The van der Waals surface area contributed by atoms with E-state index in [9.17, 15) is 14.9 Å². The smallest absolute Gasteiger partial charge is 0.271 e. The minimum Gasteiger partial charge on any atom is -0.395 e. The zero-order chi connectivity index (χ0) is 20.0. The van der Waals surface area contributed by atoms with E-state index in [1.807, 2.05) is 0 Å². The van der Waals surface area contributed by atoms with Crippen LogP contribution in [0.2, 0.25) is 15.1 Å². The van der Waals surface area contributed by atoms with Crippen molar-refractivity contribution in [2.75, 3.05) is 35.6 Å². The first-order valence-corrected chi connectivity index (χ1v) is 8.76. The van der Waals surface area contributed by atoms with Crippen LogP contribution in [0.1, 0.15) is 0 Å². The maximum Gasteiger partial charge on any atom is 0.271 e. The van der Waals surface area contributed by atoms with Gasteiger partial charge in [-0.15, -0.1) is 0 Å². The predicted molar refractivity (Wildman–Crippen MR) is 107 cm³/mol. The Hall–Kier alpha value is -2.26. The van der Waals surface area contributed by atoms with Crippen LogP contribution in [-0.2, 0) is 4.79 Å². The Bertz CT molecular complexity index is 864. The van der Waals surface area contributed by atoms with E-state index < -0.39 is 10.8 Å². The lowest BCUT2D eigenvalue weighted by Gasteiger charge is -2.14. The summed E-state index contributed by atoms with van der Waals surface area (Å²) in [5.74, 6) is -0.449. The molecule has 2 rings (SSSR count). The fraction of sp³-hybridized carbons (Fsp3) is 0.188. The SMILES string of the molecule is O=C(CNc1cc([N+](=O)[O-])ccc1NCCO)Nc1cc(Cl)c(Cl)cc1Cl. The fourth-order valence-electron chi connectivity index (χ4n) is 2.13. The summed E-state index contributed by atoms with van der Waals surface area (Å²) in [5.41, 5.74) is 0.999. The maximum absolute atomic E-state index is 12.2. The highest BCUT2D eigenvalue weighted by Gasteiger charge is 2.13. The predicted octanol–water partition coefficient (Wildman–Crippen LogP) is 4.01. The number of anilines is 3. The largest absolute Gasteiger partial charge is 0.395 e. The average Bonchev–Trinajstić information content (AvgIpc) is 2.62. The highest BCUT2D eigenvalue weighted by atomic mass is 35.5. The maximum atomic E-state index is 12.2. The number of benzene rings is 2. The second-order valence-electron chi connectivity index (χ2n) is 5.29. The van der Waals surface area contributed by atoms with Crippen molar-refractivity contribution >= 4 is 63.5 Å². The van der Waals surface area contributed by atoms with Gasteiger partial charge in [0.25, 0.3) is 5.69 Å². The average molecular weight is 434 g/mol. The summed E-state index contributed by atoms with van der Waals surface area (Å²) in [6, 6.07) is 6.93. The van der Waals surface area contributed by atoms with E-state index in [1.54, 1.807) is 0 Å². The van der Waals surface area contributed by atoms with E-state index >= 15 is 0 Å². The van der Waals surface area contributed by atoms with Crippen molar-refractivity contribution in [1.29, 1.82) is 0 Å². The second kappa shape index (κ2) is 9.61. The molecule has 0 atom stereocenters. The van der Waals surface area contributed by atoms with E-state index in [0.29, 0.717) is 11.4 Å². The highest BCUT2D eigenvalue weighted by molar-refractivity contribution is 6.44. The number of amides is 1. The van der Waals surface area contributed by atoms with Gasteiger partial charge in [-0.2, -0.15) is 0 Å². The lowest BCUT2D eigenvalue weighted by atomic mass is 10.2. The second-order valence-corrected chi connectivity index (χ2v) is 6.51. The van der Waals surface area contributed by atoms with Crippen LogP contribution in [0.15, 0.2) is 30.3 Å². The van der Waals surface area contributed by atoms with Gasteiger partial charge in [0.1, 0.15) is 0 Å². The molecular formula is C16H15Cl3N4O4. The van der Waals surface area contributed by atoms with E-state index in [1.165, 1.54) is 30.3 Å². The van der Waals surface area contributed by atoms with Crippen LogP contribution < -0.4 is 16.0 Å². The molecule has 0 aliphatic rings. The summed E-state index contributed by atoms with van der Waals surface area (Å²) in [6.07, 6.45) is 0. The number of non-ortho nitro benzene ring substituents is 1. The minimum atomic E-state index is -0.545. The van der Waals surface area contributed by atoms with Crippen molar-refractivity contribution in [3.63, 3.8) is 0 Å². The third-order valence-corrected chi connectivity index (χ3v) is 4.40. The van der Waals surface area contributed by atoms with Gasteiger partial charge in [0, 0.05) is 18.7 Å². The number of nitro groups is 1. The number of hydrogen-bond acceptors (Lipinski definition) is 6. The van der Waals surface area contributed by atoms with Crippen molar-refractivity contribution in [2.45, 2.75) is 0 Å². The highest BCUT2D eigenvalue weighted by Crippen LogP contribution is 2.32.